The van der Waals surface area contributed by atoms with Gasteiger partial charge >= 0.3 is 6.18 Å². The van der Waals surface area contributed by atoms with Crippen molar-refractivity contribution in [3.63, 3.8) is 0 Å². The van der Waals surface area contributed by atoms with Crippen LogP contribution in [0.4, 0.5) is 18.3 Å². The Morgan fingerprint density at radius 3 is 2.82 bits per heavy atom. The van der Waals surface area contributed by atoms with Crippen molar-refractivity contribution in [3.05, 3.63) is 35.2 Å². The van der Waals surface area contributed by atoms with Crippen molar-refractivity contribution >= 4 is 22.3 Å². The molecule has 1 aromatic heterocycles. The Balaban J connectivity index is 1.84. The van der Waals surface area contributed by atoms with Crippen LogP contribution in [0.15, 0.2) is 34.6 Å². The second-order valence-corrected chi connectivity index (χ2v) is 5.87. The largest absolute Gasteiger partial charge is 0.416 e. The first-order chi connectivity index (χ1) is 10.5. The van der Waals surface area contributed by atoms with Crippen molar-refractivity contribution in [1.29, 1.82) is 0 Å². The molecule has 3 nitrogen and oxygen atoms in total. The second kappa shape index (κ2) is 6.08. The van der Waals surface area contributed by atoms with E-state index in [1.54, 1.807) is 11.4 Å². The maximum Gasteiger partial charge on any atom is 0.416 e. The van der Waals surface area contributed by atoms with Crippen LogP contribution in [0.3, 0.4) is 0 Å². The van der Waals surface area contributed by atoms with Crippen LogP contribution < -0.4 is 5.32 Å². The molecular weight excluding hydrogens is 311 g/mol. The van der Waals surface area contributed by atoms with E-state index in [1.807, 2.05) is 0 Å². The summed E-state index contributed by atoms with van der Waals surface area (Å²) in [6, 6.07) is 5.19. The molecule has 2 aromatic rings. The molecule has 3 rings (SSSR count). The Labute approximate surface area is 129 Å². The number of amidine groups is 1. The predicted octanol–water partition coefficient (Wildman–Crippen LogP) is 4.63. The minimum atomic E-state index is -4.35. The lowest BCUT2D eigenvalue weighted by atomic mass is 10.1. The van der Waals surface area contributed by atoms with E-state index in [4.69, 9.17) is 0 Å². The molecule has 0 bridgehead atoms. The number of nitrogens with one attached hydrogen (secondary N) is 1. The molecule has 0 unspecified atom stereocenters. The van der Waals surface area contributed by atoms with Crippen molar-refractivity contribution in [2.45, 2.75) is 25.4 Å². The highest BCUT2D eigenvalue weighted by molar-refractivity contribution is 7.13. The van der Waals surface area contributed by atoms with E-state index in [-0.39, 0.29) is 0 Å². The summed E-state index contributed by atoms with van der Waals surface area (Å²) in [5.74, 6) is 0.899. The quantitative estimate of drug-likeness (QED) is 0.874. The fourth-order valence-electron chi connectivity index (χ4n) is 2.25. The molecule has 1 saturated heterocycles. The lowest BCUT2D eigenvalue weighted by Crippen LogP contribution is -2.28. The third-order valence-corrected chi connectivity index (χ3v) is 4.11. The van der Waals surface area contributed by atoms with Gasteiger partial charge in [0.05, 0.1) is 11.3 Å². The van der Waals surface area contributed by atoms with Gasteiger partial charge in [-0.1, -0.05) is 12.1 Å². The lowest BCUT2D eigenvalue weighted by Gasteiger charge is -2.14. The van der Waals surface area contributed by atoms with E-state index in [0.29, 0.717) is 16.4 Å². The lowest BCUT2D eigenvalue weighted by molar-refractivity contribution is -0.137. The number of halogens is 3. The van der Waals surface area contributed by atoms with E-state index in [1.165, 1.54) is 17.4 Å². The van der Waals surface area contributed by atoms with Crippen molar-refractivity contribution in [1.82, 2.24) is 10.3 Å². The first-order valence-electron chi connectivity index (χ1n) is 6.97. The molecule has 0 saturated carbocycles. The van der Waals surface area contributed by atoms with Crippen LogP contribution in [0.2, 0.25) is 0 Å². The minimum absolute atomic E-state index is 0.453. The topological polar surface area (TPSA) is 37.3 Å². The fourth-order valence-corrected chi connectivity index (χ4v) is 2.97. The Morgan fingerprint density at radius 2 is 2.09 bits per heavy atom. The van der Waals surface area contributed by atoms with E-state index < -0.39 is 11.7 Å². The summed E-state index contributed by atoms with van der Waals surface area (Å²) in [7, 11) is 0. The van der Waals surface area contributed by atoms with Crippen LogP contribution >= 0.6 is 11.3 Å². The van der Waals surface area contributed by atoms with E-state index >= 15 is 0 Å². The van der Waals surface area contributed by atoms with Gasteiger partial charge in [0.2, 0.25) is 5.13 Å². The van der Waals surface area contributed by atoms with E-state index in [9.17, 15) is 13.2 Å². The van der Waals surface area contributed by atoms with Gasteiger partial charge in [-0.15, -0.1) is 11.3 Å². The smallest absolute Gasteiger partial charge is 0.373 e. The molecule has 1 aromatic carbocycles. The van der Waals surface area contributed by atoms with Gasteiger partial charge in [-0.2, -0.15) is 13.2 Å². The third kappa shape index (κ3) is 3.47. The molecule has 1 aliphatic rings. The van der Waals surface area contributed by atoms with Crippen LogP contribution in [0.1, 0.15) is 24.8 Å². The molecule has 7 heteroatoms. The number of piperidine rings is 1. The van der Waals surface area contributed by atoms with Gasteiger partial charge in [0.15, 0.2) is 0 Å². The molecule has 2 heterocycles. The standard InChI is InChI=1S/C15H14F3N3S/c16-15(17,18)11-5-3-4-10(8-11)12-9-22-14(20-12)21-13-6-1-2-7-19-13/h3-5,8-9H,1-2,6-7H2,(H,19,20,21). The van der Waals surface area contributed by atoms with Gasteiger partial charge < -0.3 is 5.32 Å². The Hall–Kier alpha value is -1.89. The van der Waals surface area contributed by atoms with Crippen molar-refractivity contribution in [3.8, 4) is 11.3 Å². The number of hydrogen-bond donors (Lipinski definition) is 1. The van der Waals surface area contributed by atoms with Gasteiger partial charge in [0.1, 0.15) is 5.84 Å². The maximum atomic E-state index is 12.7. The highest BCUT2D eigenvalue weighted by atomic mass is 32.1. The zero-order valence-electron chi connectivity index (χ0n) is 11.7. The number of alkyl halides is 3. The second-order valence-electron chi connectivity index (χ2n) is 5.04. The zero-order valence-corrected chi connectivity index (χ0v) is 12.5. The molecule has 1 fully saturated rings. The molecule has 0 atom stereocenters. The zero-order chi connectivity index (χ0) is 15.6. The Bertz CT molecular complexity index is 683. The highest BCUT2D eigenvalue weighted by Gasteiger charge is 2.30. The third-order valence-electron chi connectivity index (χ3n) is 3.38. The molecule has 0 aliphatic carbocycles. The van der Waals surface area contributed by atoms with Gasteiger partial charge in [-0.25, -0.2) is 9.98 Å². The summed E-state index contributed by atoms with van der Waals surface area (Å²) in [6.45, 7) is 0.907. The van der Waals surface area contributed by atoms with Crippen LogP contribution in [-0.2, 0) is 6.18 Å². The van der Waals surface area contributed by atoms with Crippen molar-refractivity contribution < 1.29 is 13.2 Å². The van der Waals surface area contributed by atoms with Gasteiger partial charge in [-0.05, 0) is 25.0 Å². The van der Waals surface area contributed by atoms with E-state index in [0.717, 1.165) is 43.8 Å². The summed E-state index contributed by atoms with van der Waals surface area (Å²) in [5, 5.41) is 5.51. The highest BCUT2D eigenvalue weighted by Crippen LogP contribution is 2.33. The molecule has 0 spiro atoms. The number of hydrogen-bond acceptors (Lipinski definition) is 3. The summed E-state index contributed by atoms with van der Waals surface area (Å²) < 4.78 is 38.2. The van der Waals surface area contributed by atoms with Crippen LogP contribution in [0, 0.1) is 0 Å². The number of aliphatic imine (C=N–C) groups is 1. The van der Waals surface area contributed by atoms with Gasteiger partial charge in [-0.3, -0.25) is 0 Å². The molecule has 22 heavy (non-hydrogen) atoms. The Kier molecular flexibility index (Phi) is 4.15. The van der Waals surface area contributed by atoms with Gasteiger partial charge in [0, 0.05) is 23.9 Å². The first-order valence-corrected chi connectivity index (χ1v) is 7.85. The molecular formula is C15H14F3N3S. The molecule has 116 valence electrons. The number of thiazole rings is 1. The first kappa shape index (κ1) is 15.0. The van der Waals surface area contributed by atoms with Crippen molar-refractivity contribution in [2.24, 2.45) is 4.99 Å². The minimum Gasteiger partial charge on any atom is -0.373 e. The average molecular weight is 325 g/mol. The summed E-state index contributed by atoms with van der Waals surface area (Å²) in [6.07, 6.45) is -1.23. The number of aromatic nitrogens is 1. The average Bonchev–Trinajstić information content (AvgIpc) is 2.96. The Morgan fingerprint density at radius 1 is 1.23 bits per heavy atom. The fraction of sp³-hybridized carbons (Fsp3) is 0.333. The van der Waals surface area contributed by atoms with Crippen LogP contribution in [-0.4, -0.2) is 17.4 Å². The van der Waals surface area contributed by atoms with E-state index in [2.05, 4.69) is 15.3 Å². The van der Waals surface area contributed by atoms with Gasteiger partial charge in [0.25, 0.3) is 0 Å². The van der Waals surface area contributed by atoms with Crippen LogP contribution in [0.25, 0.3) is 11.3 Å². The molecule has 0 amide bonds. The molecule has 0 radical (unpaired) electrons. The maximum absolute atomic E-state index is 12.7. The summed E-state index contributed by atoms with van der Waals surface area (Å²) in [4.78, 5) is 8.75. The number of nitrogens with zero attached hydrogens (tertiary/aromatic N) is 2. The predicted molar refractivity (Wildman–Crippen MR) is 81.5 cm³/mol. The number of rotatable bonds is 2. The summed E-state index contributed by atoms with van der Waals surface area (Å²) >= 11 is 1.33. The van der Waals surface area contributed by atoms with Crippen LogP contribution in [0.5, 0.6) is 0 Å². The summed E-state index contributed by atoms with van der Waals surface area (Å²) in [5.41, 5.74) is 0.306. The molecule has 1 aliphatic heterocycles. The monoisotopic (exact) mass is 325 g/mol. The normalized spacial score (nSPS) is 17.5. The SMILES string of the molecule is FC(F)(F)c1cccc(-c2csc(/N=C3/CCCCN3)n2)c1. The number of benzene rings is 1. The molecule has 1 N–H and O–H groups in total. The van der Waals surface area contributed by atoms with Crippen molar-refractivity contribution in [2.75, 3.05) is 6.54 Å².